The summed E-state index contributed by atoms with van der Waals surface area (Å²) < 4.78 is 27.3. The molecule has 1 amide bonds. The maximum atomic E-state index is 11.9. The quantitative estimate of drug-likeness (QED) is 0.0400. The molecular weight excluding hydrogens is 1860 g/mol. The fourth-order valence-electron chi connectivity index (χ4n) is 13.6. The number of thiazole rings is 1. The zero-order valence-electron chi connectivity index (χ0n) is 77.2. The van der Waals surface area contributed by atoms with E-state index >= 15 is 0 Å². The number of tetrazole rings is 1. The van der Waals surface area contributed by atoms with Crippen molar-refractivity contribution in [1.29, 1.82) is 0 Å². The summed E-state index contributed by atoms with van der Waals surface area (Å²) in [4.78, 5) is 38.6. The molecule has 37 heteroatoms. The Bertz CT molecular complexity index is 7510. The van der Waals surface area contributed by atoms with E-state index in [1.54, 1.807) is 263 Å². The third-order valence-corrected chi connectivity index (χ3v) is 21.8. The van der Waals surface area contributed by atoms with E-state index in [0.717, 1.165) is 26.6 Å². The number of hydrogen-bond donors (Lipinski definition) is 15. The number of methoxy groups -OCH3 is 1. The normalized spacial score (nSPS) is 10.7. The van der Waals surface area contributed by atoms with Crippen LogP contribution in [0.2, 0.25) is 0 Å². The van der Waals surface area contributed by atoms with E-state index in [0.29, 0.717) is 95.9 Å². The topological polar surface area (TPSA) is 543 Å². The lowest BCUT2D eigenvalue weighted by Crippen LogP contribution is -2.27. The molecule has 0 saturated carbocycles. The number of phenolic OH excluding ortho intramolecular Hbond substituents is 13. The minimum absolute atomic E-state index is 0.00304. The van der Waals surface area contributed by atoms with Gasteiger partial charge in [-0.05, 0) is 221 Å². The Morgan fingerprint density at radius 2 is 0.792 bits per heavy atom. The van der Waals surface area contributed by atoms with Crippen LogP contribution in [-0.2, 0) is 4.74 Å². The van der Waals surface area contributed by atoms with Gasteiger partial charge in [0, 0.05) is 23.0 Å². The molecule has 0 bridgehead atoms. The Morgan fingerprint density at radius 3 is 1.27 bits per heavy atom. The number of carbonyl (C=O) groups excluding carboxylic acids is 1. The summed E-state index contributed by atoms with van der Waals surface area (Å²) >= 11 is 1.59. The number of aryl methyl sites for hydroxylation is 2. The number of para-hydroxylation sites is 12. The predicted molar refractivity (Wildman–Crippen MR) is 537 cm³/mol. The second-order valence-electron chi connectivity index (χ2n) is 32.1. The fourth-order valence-corrected chi connectivity index (χ4v) is 14.6. The van der Waals surface area contributed by atoms with Crippen LogP contribution in [0.3, 0.4) is 0 Å². The van der Waals surface area contributed by atoms with Crippen molar-refractivity contribution in [2.75, 3.05) is 12.4 Å². The molecule has 21 rings (SSSR count). The highest BCUT2D eigenvalue weighted by Gasteiger charge is 2.24. The molecule has 0 radical (unpaired) electrons. The van der Waals surface area contributed by atoms with Gasteiger partial charge in [-0.25, -0.2) is 19.4 Å². The number of nitrogens with one attached hydrogen (secondary N) is 2. The molecule has 0 spiro atoms. The van der Waals surface area contributed by atoms with Gasteiger partial charge in [0.1, 0.15) is 114 Å². The van der Waals surface area contributed by atoms with E-state index in [1.165, 1.54) is 58.5 Å². The predicted octanol–water partition coefficient (Wildman–Crippen LogP) is 21.8. The van der Waals surface area contributed by atoms with Crippen molar-refractivity contribution in [1.82, 2.24) is 80.6 Å². The average Bonchev–Trinajstić information content (AvgIpc) is 1.75. The molecule has 7 aromatic heterocycles. The van der Waals surface area contributed by atoms with Crippen LogP contribution >= 0.6 is 11.3 Å². The zero-order chi connectivity index (χ0) is 102. The van der Waals surface area contributed by atoms with Crippen LogP contribution in [0, 0.1) is 13.8 Å². The van der Waals surface area contributed by atoms with Crippen molar-refractivity contribution in [3.8, 4) is 227 Å². The number of aromatic nitrogens is 16. The number of nitrogens with zero attached hydrogens (tertiary/aromatic N) is 15. The van der Waals surface area contributed by atoms with Crippen LogP contribution in [0.4, 0.5) is 10.5 Å². The third kappa shape index (κ3) is 24.7. The average molecular weight is 1950 g/mol. The van der Waals surface area contributed by atoms with Crippen molar-refractivity contribution < 1.29 is 94.2 Å². The highest BCUT2D eigenvalue weighted by atomic mass is 32.1. The first-order chi connectivity index (χ1) is 69.6. The highest BCUT2D eigenvalue weighted by Crippen LogP contribution is 2.42. The van der Waals surface area contributed by atoms with Crippen molar-refractivity contribution >= 4 is 23.1 Å². The zero-order valence-corrected chi connectivity index (χ0v) is 78.0. The molecule has 0 saturated heterocycles. The minimum Gasteiger partial charge on any atom is -0.507 e. The van der Waals surface area contributed by atoms with Crippen molar-refractivity contribution in [2.24, 2.45) is 0 Å². The molecule has 14 aromatic carbocycles. The molecule has 15 N–H and O–H groups in total. The summed E-state index contributed by atoms with van der Waals surface area (Å²) in [6, 6.07) is 91.1. The number of phenols is 13. The van der Waals surface area contributed by atoms with E-state index < -0.39 is 11.7 Å². The molecule has 722 valence electrons. The molecule has 0 aliphatic carbocycles. The number of aromatic amines is 1. The minimum atomic E-state index is -0.636. The summed E-state index contributed by atoms with van der Waals surface area (Å²) in [5, 5.41) is 163. The molecule has 7 heterocycles. The SMILES string of the molecule is CC(C)(C)OC(=O)Nc1ccc(O)c(-c2nc(-c3ccccc3O)no2)c1.COc1ccc(O)c(-c2nc(-c3ccccc3O)no2)c1.Cc1ccc(-c2cnc(-c3ccccc3O)s2)cc1.Cc1ccc(-c2nc(-c3ccccc3O)no2)c(O)c1.Oc1ccccc1-c1cn(-c2ccccc2O)nn1.Oc1ccccc1-c1cnc(-c2ccccc2O)[nH]1.Oc1ccccc1-c1nnn(-c2ccccc2O)n1. The number of amides is 1. The van der Waals surface area contributed by atoms with Gasteiger partial charge in [-0.15, -0.1) is 31.4 Å². The van der Waals surface area contributed by atoms with Gasteiger partial charge in [0.25, 0.3) is 17.7 Å². The van der Waals surface area contributed by atoms with Crippen LogP contribution in [0.5, 0.6) is 80.5 Å². The van der Waals surface area contributed by atoms with Crippen LogP contribution in [0.25, 0.3) is 146 Å². The number of rotatable bonds is 16. The molecule has 0 aliphatic heterocycles. The Labute approximate surface area is 823 Å². The van der Waals surface area contributed by atoms with Gasteiger partial charge in [0.15, 0.2) is 0 Å². The van der Waals surface area contributed by atoms with E-state index in [4.69, 9.17) is 23.0 Å². The summed E-state index contributed by atoms with van der Waals surface area (Å²) in [6.07, 6.45) is 4.53. The Kier molecular flexibility index (Phi) is 31.0. The van der Waals surface area contributed by atoms with E-state index in [9.17, 15) is 71.2 Å². The summed E-state index contributed by atoms with van der Waals surface area (Å²) in [7, 11) is 1.53. The van der Waals surface area contributed by atoms with Gasteiger partial charge in [0.05, 0.1) is 80.1 Å². The Balaban J connectivity index is 0.000000127. The monoisotopic (exact) mass is 1950 g/mol. The molecule has 0 fully saturated rings. The summed E-state index contributed by atoms with van der Waals surface area (Å²) in [5.74, 6) is 3.66. The molecule has 36 nitrogen and oxygen atoms in total. The number of ether oxygens (including phenoxy) is 2. The van der Waals surface area contributed by atoms with Gasteiger partial charge in [-0.1, -0.05) is 178 Å². The fraction of sp³-hybridized carbons (Fsp3) is 0.0654. The maximum Gasteiger partial charge on any atom is 0.412 e. The second kappa shape index (κ2) is 45.3. The number of H-pyrrole nitrogens is 1. The molecule has 0 unspecified atom stereocenters. The number of imidazole rings is 1. The van der Waals surface area contributed by atoms with Gasteiger partial charge in [-0.3, -0.25) is 5.32 Å². The molecule has 144 heavy (non-hydrogen) atoms. The number of anilines is 1. The third-order valence-electron chi connectivity index (χ3n) is 20.8. The van der Waals surface area contributed by atoms with E-state index in [1.807, 2.05) is 55.6 Å². The van der Waals surface area contributed by atoms with Gasteiger partial charge in [-0.2, -0.15) is 15.0 Å². The van der Waals surface area contributed by atoms with Crippen LogP contribution < -0.4 is 10.1 Å². The molecule has 0 aliphatic rings. The van der Waals surface area contributed by atoms with Gasteiger partial charge < -0.3 is 94.4 Å². The highest BCUT2D eigenvalue weighted by molar-refractivity contribution is 7.18. The van der Waals surface area contributed by atoms with Crippen LogP contribution in [-0.4, -0.2) is 166 Å². The Morgan fingerprint density at radius 1 is 0.375 bits per heavy atom. The van der Waals surface area contributed by atoms with Gasteiger partial charge in [0.2, 0.25) is 23.3 Å². The lowest BCUT2D eigenvalue weighted by atomic mass is 10.1. The summed E-state index contributed by atoms with van der Waals surface area (Å²) in [5.41, 5.74) is 10.9. The number of benzene rings is 14. The first-order valence-electron chi connectivity index (χ1n) is 43.7. The van der Waals surface area contributed by atoms with E-state index in [2.05, 4.69) is 108 Å². The van der Waals surface area contributed by atoms with Crippen LogP contribution in [0.15, 0.2) is 354 Å². The number of hydrogen-bond acceptors (Lipinski definition) is 33. The van der Waals surface area contributed by atoms with E-state index in [-0.39, 0.29) is 115 Å². The largest absolute Gasteiger partial charge is 0.507 e. The first-order valence-corrected chi connectivity index (χ1v) is 44.5. The van der Waals surface area contributed by atoms with Crippen LogP contribution in [0.1, 0.15) is 31.9 Å². The molecule has 21 aromatic rings. The standard InChI is InChI=1S/C19H19N3O5.C16H13NOS.C15H12N2O4.C15H12N2O3.C15H12N2O2.C14H11N3O2.C13H10N4O2/c1-19(2,3)26-18(25)20-11-8-9-15(24)13(10-11)17-21-16(22-27-17)12-6-4-5-7-14(12)23;1-11-6-8-12(9-7-11)15-10-17-16(19-15)13-4-2-3-5-14(13)18;1-20-9-6-7-13(19)11(8-9)15-16-14(17-21-15)10-4-2-3-5-12(10)18;1-9-6-7-11(13(19)8-9)15-16-14(17-20-15)10-4-2-3-5-12(10)18;18-13-7-3-1-5-10(13)12-9-16-15(17-12)11-6-2-4-8-14(11)19;18-13-7-3-1-5-10(13)11-9-17(16-15-11)12-6-2-4-8-14(12)19;18-11-7-3-1-5-9(11)13-14-16-17(15-13)10-6-2-4-8-12(10)19/h4-10,23-24H,1-3H3,(H,20,25);2-10,18H,1H3;2-8,18-19H,1H3;2-8,18-19H,1H3;1-9,18-19H,(H,16,17);1-9,18-19H;1-8,18-19H. The molecular formula is C107H89N17O19S. The Hall–Kier alpha value is -20.0. The first kappa shape index (κ1) is 98.5. The maximum absolute atomic E-state index is 11.9. The number of aromatic hydroxyl groups is 13. The van der Waals surface area contributed by atoms with Crippen molar-refractivity contribution in [2.45, 2.75) is 40.2 Å². The number of carbonyl (C=O) groups is 1. The molecule has 0 atom stereocenters. The lowest BCUT2D eigenvalue weighted by Gasteiger charge is -2.19. The smallest absolute Gasteiger partial charge is 0.412 e. The lowest BCUT2D eigenvalue weighted by molar-refractivity contribution is 0.0635. The van der Waals surface area contributed by atoms with Gasteiger partial charge >= 0.3 is 6.09 Å². The second-order valence-corrected chi connectivity index (χ2v) is 33.2. The van der Waals surface area contributed by atoms with Crippen molar-refractivity contribution in [3.05, 3.63) is 351 Å². The van der Waals surface area contributed by atoms with Crippen molar-refractivity contribution in [3.63, 3.8) is 0 Å². The summed E-state index contributed by atoms with van der Waals surface area (Å²) in [6.45, 7) is 9.23.